The van der Waals surface area contributed by atoms with E-state index in [4.69, 9.17) is 0 Å². The highest BCUT2D eigenvalue weighted by Gasteiger charge is 2.36. The van der Waals surface area contributed by atoms with E-state index in [9.17, 15) is 13.2 Å². The van der Waals surface area contributed by atoms with E-state index in [1.54, 1.807) is 27.7 Å². The number of rotatable bonds is 5. The van der Waals surface area contributed by atoms with Gasteiger partial charge in [-0.15, -0.1) is 5.10 Å². The van der Waals surface area contributed by atoms with E-state index < -0.39 is 23.8 Å². The fourth-order valence-corrected chi connectivity index (χ4v) is 5.17. The molecule has 2 atom stereocenters. The van der Waals surface area contributed by atoms with Gasteiger partial charge in [0.1, 0.15) is 29.4 Å². The highest BCUT2D eigenvalue weighted by atomic mass is 19.1. The molecule has 0 amide bonds. The van der Waals surface area contributed by atoms with Crippen molar-refractivity contribution < 1.29 is 13.2 Å². The van der Waals surface area contributed by atoms with Crippen molar-refractivity contribution in [3.8, 4) is 0 Å². The molecule has 0 radical (unpaired) electrons. The smallest absolute Gasteiger partial charge is 0.154 e. The molecule has 3 aromatic heterocycles. The van der Waals surface area contributed by atoms with Crippen LogP contribution in [0.25, 0.3) is 17.8 Å². The Morgan fingerprint density at radius 1 is 1.00 bits per heavy atom. The first-order chi connectivity index (χ1) is 17.5. The van der Waals surface area contributed by atoms with Crippen LogP contribution in [0.15, 0.2) is 42.7 Å². The Morgan fingerprint density at radius 2 is 1.86 bits per heavy atom. The predicted molar refractivity (Wildman–Crippen MR) is 131 cm³/mol. The molecule has 2 aliphatic rings. The average Bonchev–Trinajstić information content (AvgIpc) is 3.63. The summed E-state index contributed by atoms with van der Waals surface area (Å²) < 4.78 is 44.5. The highest BCUT2D eigenvalue weighted by molar-refractivity contribution is 5.67. The minimum Gasteiger partial charge on any atom is -0.345 e. The molecule has 2 saturated heterocycles. The van der Waals surface area contributed by atoms with Gasteiger partial charge in [-0.3, -0.25) is 0 Å². The largest absolute Gasteiger partial charge is 0.345 e. The molecule has 7 nitrogen and oxygen atoms in total. The lowest BCUT2D eigenvalue weighted by atomic mass is 9.98. The number of nitrogens with one attached hydrogen (secondary N) is 2. The van der Waals surface area contributed by atoms with Crippen LogP contribution in [0.3, 0.4) is 0 Å². The van der Waals surface area contributed by atoms with Crippen molar-refractivity contribution >= 4 is 23.6 Å². The van der Waals surface area contributed by atoms with Gasteiger partial charge in [0, 0.05) is 17.9 Å². The molecule has 0 unspecified atom stereocenters. The first kappa shape index (κ1) is 22.8. The van der Waals surface area contributed by atoms with Gasteiger partial charge in [-0.05, 0) is 68.4 Å². The third-order valence-corrected chi connectivity index (χ3v) is 7.01. The molecule has 0 aliphatic carbocycles. The van der Waals surface area contributed by atoms with Crippen molar-refractivity contribution in [1.29, 1.82) is 0 Å². The van der Waals surface area contributed by atoms with E-state index in [-0.39, 0.29) is 18.5 Å². The Balaban J connectivity index is 1.28. The number of halogens is 3. The molecule has 2 fully saturated rings. The number of hydrogen-bond donors (Lipinski definition) is 2. The lowest BCUT2D eigenvalue weighted by molar-refractivity contribution is 0.355. The van der Waals surface area contributed by atoms with Crippen molar-refractivity contribution in [1.82, 2.24) is 29.9 Å². The number of aromatic nitrogens is 5. The zero-order chi connectivity index (χ0) is 24.6. The summed E-state index contributed by atoms with van der Waals surface area (Å²) in [6, 6.07) is 6.15. The maximum absolute atomic E-state index is 14.5. The second-order valence-electron chi connectivity index (χ2n) is 9.39. The number of benzene rings is 1. The Morgan fingerprint density at radius 3 is 2.72 bits per heavy atom. The van der Waals surface area contributed by atoms with E-state index in [2.05, 4.69) is 25.4 Å². The predicted octanol–water partition coefficient (Wildman–Crippen LogP) is 4.66. The Hall–Kier alpha value is -3.66. The van der Waals surface area contributed by atoms with E-state index >= 15 is 0 Å². The van der Waals surface area contributed by atoms with E-state index in [1.807, 2.05) is 18.3 Å². The third kappa shape index (κ3) is 4.37. The summed E-state index contributed by atoms with van der Waals surface area (Å²) in [5, 5.41) is 8.05. The molecule has 0 spiro atoms. The van der Waals surface area contributed by atoms with Crippen molar-refractivity contribution in [2.75, 3.05) is 24.5 Å². The van der Waals surface area contributed by atoms with Crippen LogP contribution >= 0.6 is 0 Å². The first-order valence-electron chi connectivity index (χ1n) is 12.2. The van der Waals surface area contributed by atoms with Crippen LogP contribution < -0.4 is 10.2 Å². The second kappa shape index (κ2) is 9.42. The monoisotopic (exact) mass is 493 g/mol. The van der Waals surface area contributed by atoms with Crippen molar-refractivity contribution in [3.05, 3.63) is 77.1 Å². The first-order valence-corrected chi connectivity index (χ1v) is 12.2. The lowest BCUT2D eigenvalue weighted by Gasteiger charge is -2.26. The summed E-state index contributed by atoms with van der Waals surface area (Å²) in [7, 11) is 0. The van der Waals surface area contributed by atoms with E-state index in [0.29, 0.717) is 17.4 Å². The van der Waals surface area contributed by atoms with Crippen molar-refractivity contribution in [3.63, 3.8) is 0 Å². The zero-order valence-corrected chi connectivity index (χ0v) is 19.5. The summed E-state index contributed by atoms with van der Waals surface area (Å²) in [5.74, 6) is 0.792. The van der Waals surface area contributed by atoms with Crippen LogP contribution in [-0.2, 0) is 0 Å². The van der Waals surface area contributed by atoms with Crippen LogP contribution in [-0.4, -0.2) is 50.4 Å². The number of aromatic amines is 1. The quantitative estimate of drug-likeness (QED) is 0.423. The van der Waals surface area contributed by atoms with E-state index in [1.165, 1.54) is 0 Å². The number of anilines is 1. The molecule has 0 bridgehead atoms. The van der Waals surface area contributed by atoms with Gasteiger partial charge < -0.3 is 15.2 Å². The minimum atomic E-state index is -1.17. The standard InChI is InChI=1S/C26H26F3N7/c27-17-1-4-22(29)21(11-17)23-12-18(28)15-35(23)25-6-5-24-31-14-20(36(24)34-25)3-2-19-13-32-26(33-19)16-7-9-30-10-8-16/h1-6,11,13-14,16,18,23,30H,7-10,12,15H2,(H,32,33)/b3-2+/t18-,23+/m0/s1. The maximum Gasteiger partial charge on any atom is 0.154 e. The van der Waals surface area contributed by atoms with Crippen LogP contribution in [0.1, 0.15) is 54.0 Å². The van der Waals surface area contributed by atoms with Crippen LogP contribution in [0.4, 0.5) is 19.0 Å². The van der Waals surface area contributed by atoms with Crippen LogP contribution in [0.5, 0.6) is 0 Å². The number of nitrogens with zero attached hydrogens (tertiary/aromatic N) is 5. The topological polar surface area (TPSA) is 74.1 Å². The molecule has 186 valence electrons. The lowest BCUT2D eigenvalue weighted by Crippen LogP contribution is -2.27. The van der Waals surface area contributed by atoms with Crippen LogP contribution in [0, 0.1) is 11.6 Å². The zero-order valence-electron chi connectivity index (χ0n) is 19.5. The Bertz CT molecular complexity index is 1410. The summed E-state index contributed by atoms with van der Waals surface area (Å²) in [5.41, 5.74) is 2.37. The molecule has 0 saturated carbocycles. The van der Waals surface area contributed by atoms with Gasteiger partial charge >= 0.3 is 0 Å². The van der Waals surface area contributed by atoms with Gasteiger partial charge in [-0.1, -0.05) is 0 Å². The second-order valence-corrected chi connectivity index (χ2v) is 9.39. The number of imidazole rings is 2. The molecule has 36 heavy (non-hydrogen) atoms. The van der Waals surface area contributed by atoms with E-state index in [0.717, 1.165) is 61.3 Å². The molecule has 2 aliphatic heterocycles. The summed E-state index contributed by atoms with van der Waals surface area (Å²) >= 11 is 0. The van der Waals surface area contributed by atoms with Gasteiger partial charge in [-0.25, -0.2) is 27.7 Å². The molecule has 4 aromatic rings. The number of fused-ring (bicyclic) bond motifs is 1. The van der Waals surface area contributed by atoms with Gasteiger partial charge in [0.05, 0.1) is 36.4 Å². The number of piperidine rings is 1. The van der Waals surface area contributed by atoms with Gasteiger partial charge in [-0.2, -0.15) is 0 Å². The molecule has 10 heteroatoms. The SMILES string of the molecule is Fc1ccc(F)c([C@H]2C[C@H](F)CN2c2ccc3ncc(/C=C/c4cnc(C5CCNCC5)[nH]4)n3n2)c1. The number of hydrogen-bond acceptors (Lipinski definition) is 5. The highest BCUT2D eigenvalue weighted by Crippen LogP contribution is 2.38. The average molecular weight is 494 g/mol. The van der Waals surface area contributed by atoms with Gasteiger partial charge in [0.2, 0.25) is 0 Å². The van der Waals surface area contributed by atoms with Gasteiger partial charge in [0.25, 0.3) is 0 Å². The summed E-state index contributed by atoms with van der Waals surface area (Å²) in [6.07, 6.45) is 8.36. The third-order valence-electron chi connectivity index (χ3n) is 7.01. The maximum atomic E-state index is 14.5. The molecular formula is C26H26F3N7. The molecule has 6 rings (SSSR count). The van der Waals surface area contributed by atoms with Crippen molar-refractivity contribution in [2.45, 2.75) is 37.4 Å². The molecule has 5 heterocycles. The summed E-state index contributed by atoms with van der Waals surface area (Å²) in [4.78, 5) is 14.0. The molecule has 1 aromatic carbocycles. The summed E-state index contributed by atoms with van der Waals surface area (Å²) in [6.45, 7) is 2.05. The molecule has 2 N–H and O–H groups in total. The van der Waals surface area contributed by atoms with Crippen molar-refractivity contribution in [2.24, 2.45) is 0 Å². The number of alkyl halides is 1. The Labute approximate surface area is 206 Å². The minimum absolute atomic E-state index is 0.0482. The fraction of sp³-hybridized carbons (Fsp3) is 0.346. The Kier molecular flexibility index (Phi) is 5.96. The normalized spacial score (nSPS) is 21.2. The fourth-order valence-electron chi connectivity index (χ4n) is 5.17. The molecular weight excluding hydrogens is 467 g/mol. The van der Waals surface area contributed by atoms with Crippen LogP contribution in [0.2, 0.25) is 0 Å². The van der Waals surface area contributed by atoms with Gasteiger partial charge in [0.15, 0.2) is 5.65 Å². The number of H-pyrrole nitrogens is 1.